The van der Waals surface area contributed by atoms with Crippen molar-refractivity contribution in [1.82, 2.24) is 0 Å². The van der Waals surface area contributed by atoms with Crippen molar-refractivity contribution in [3.63, 3.8) is 0 Å². The van der Waals surface area contributed by atoms with E-state index in [9.17, 15) is 4.79 Å². The number of hydrogen-bond acceptors (Lipinski definition) is 1. The van der Waals surface area contributed by atoms with Gasteiger partial charge in [0, 0.05) is 0 Å². The van der Waals surface area contributed by atoms with Crippen molar-refractivity contribution in [3.05, 3.63) is 0 Å². The zero-order chi connectivity index (χ0) is 5.86. The van der Waals surface area contributed by atoms with Crippen molar-refractivity contribution in [3.8, 4) is 0 Å². The summed E-state index contributed by atoms with van der Waals surface area (Å²) in [5.41, 5.74) is 0. The molecular formula is C3H8As2O2. The molecule has 3 atom stereocenters. The first-order valence-electron chi connectivity index (χ1n) is 1.87. The first kappa shape index (κ1) is 7.59. The monoisotopic (exact) mass is 226 g/mol. The number of carboxylic acid groups (broad SMARTS) is 1. The standard InChI is InChI=1S/C3H8As2O2/c4-1-2(5)3(6)7/h2H,1,4-5H2,(H,6,7). The van der Waals surface area contributed by atoms with Gasteiger partial charge in [-0.05, 0) is 0 Å². The number of carbonyl (C=O) groups is 1. The average molecular weight is 226 g/mol. The van der Waals surface area contributed by atoms with Gasteiger partial charge in [-0.3, -0.25) is 0 Å². The minimum atomic E-state index is -0.663. The van der Waals surface area contributed by atoms with Crippen LogP contribution in [0.2, 0.25) is 9.91 Å². The van der Waals surface area contributed by atoms with E-state index in [-0.39, 0.29) is 4.71 Å². The Hall–Kier alpha value is 0.587. The minimum absolute atomic E-state index is 0.0903. The molecule has 7 heavy (non-hydrogen) atoms. The van der Waals surface area contributed by atoms with Crippen LogP contribution in [-0.4, -0.2) is 44.8 Å². The van der Waals surface area contributed by atoms with Crippen molar-refractivity contribution >= 4 is 39.7 Å². The van der Waals surface area contributed by atoms with Crippen molar-refractivity contribution in [1.29, 1.82) is 0 Å². The van der Waals surface area contributed by atoms with Crippen molar-refractivity contribution in [2.75, 3.05) is 0 Å². The summed E-state index contributed by atoms with van der Waals surface area (Å²) in [5, 5.41) is 9.02. The Morgan fingerprint density at radius 2 is 2.29 bits per heavy atom. The number of carboxylic acids is 1. The third-order valence-electron chi connectivity index (χ3n) is 0.571. The molecule has 0 aliphatic carbocycles. The maximum absolute atomic E-state index is 9.96. The summed E-state index contributed by atoms with van der Waals surface area (Å²) in [5.74, 6) is -0.663. The Morgan fingerprint density at radius 1 is 1.86 bits per heavy atom. The van der Waals surface area contributed by atoms with Crippen molar-refractivity contribution in [2.45, 2.75) is 9.91 Å². The molecule has 42 valence electrons. The van der Waals surface area contributed by atoms with Gasteiger partial charge in [0.25, 0.3) is 0 Å². The van der Waals surface area contributed by atoms with Gasteiger partial charge >= 0.3 is 59.5 Å². The van der Waals surface area contributed by atoms with Gasteiger partial charge in [0.2, 0.25) is 0 Å². The summed E-state index contributed by atoms with van der Waals surface area (Å²) in [6.45, 7) is 0. The van der Waals surface area contributed by atoms with Crippen LogP contribution in [0.1, 0.15) is 0 Å². The fraction of sp³-hybridized carbons (Fsp3) is 0.667. The van der Waals surface area contributed by atoms with Crippen molar-refractivity contribution < 1.29 is 9.90 Å². The Labute approximate surface area is 59.7 Å². The molecule has 0 fully saturated rings. The normalized spacial score (nSPS) is 13.4. The Balaban J connectivity index is 3.34. The molecule has 0 aliphatic heterocycles. The summed E-state index contributed by atoms with van der Waals surface area (Å²) in [4.78, 5) is 9.96. The van der Waals surface area contributed by atoms with Gasteiger partial charge in [0.05, 0.1) is 0 Å². The third-order valence-corrected chi connectivity index (χ3v) is 5.20. The van der Waals surface area contributed by atoms with Gasteiger partial charge in [-0.2, -0.15) is 0 Å². The van der Waals surface area contributed by atoms with Crippen LogP contribution < -0.4 is 0 Å². The zero-order valence-electron chi connectivity index (χ0n) is 3.79. The summed E-state index contributed by atoms with van der Waals surface area (Å²) >= 11 is 2.78. The first-order chi connectivity index (χ1) is 3.18. The predicted molar refractivity (Wildman–Crippen MR) is 33.3 cm³/mol. The first-order valence-corrected chi connectivity index (χ1v) is 4.98. The molecule has 0 saturated carbocycles. The molecule has 0 aromatic heterocycles. The molecule has 0 aromatic carbocycles. The zero-order valence-corrected chi connectivity index (χ0v) is 8.64. The number of hydrogen-bond donors (Lipinski definition) is 1. The van der Waals surface area contributed by atoms with Gasteiger partial charge < -0.3 is 0 Å². The average Bonchev–Trinajstić information content (AvgIpc) is 1.65. The van der Waals surface area contributed by atoms with Crippen LogP contribution in [0.25, 0.3) is 0 Å². The SMILES string of the molecule is O=C(O)C([AsH2])C[AsH2]. The second kappa shape index (κ2) is 3.57. The van der Waals surface area contributed by atoms with E-state index in [0.717, 1.165) is 5.21 Å². The van der Waals surface area contributed by atoms with Crippen LogP contribution >= 0.6 is 0 Å². The van der Waals surface area contributed by atoms with Crippen LogP contribution in [0.3, 0.4) is 0 Å². The van der Waals surface area contributed by atoms with Gasteiger partial charge in [0.1, 0.15) is 0 Å². The molecule has 2 nitrogen and oxygen atoms in total. The Kier molecular flexibility index (Phi) is 3.87. The van der Waals surface area contributed by atoms with Gasteiger partial charge in [0.15, 0.2) is 0 Å². The molecule has 0 rings (SSSR count). The van der Waals surface area contributed by atoms with E-state index in [1.807, 2.05) is 0 Å². The van der Waals surface area contributed by atoms with Gasteiger partial charge in [-0.15, -0.1) is 0 Å². The predicted octanol–water partition coefficient (Wildman–Crippen LogP) is -1.46. The summed E-state index contributed by atoms with van der Waals surface area (Å²) in [6, 6.07) is 0. The van der Waals surface area contributed by atoms with Crippen LogP contribution in [0.15, 0.2) is 0 Å². The van der Waals surface area contributed by atoms with E-state index in [0.29, 0.717) is 0 Å². The van der Waals surface area contributed by atoms with Crippen LogP contribution in [0.4, 0.5) is 0 Å². The van der Waals surface area contributed by atoms with E-state index in [2.05, 4.69) is 0 Å². The molecule has 1 N–H and O–H groups in total. The molecule has 0 amide bonds. The van der Waals surface area contributed by atoms with Crippen LogP contribution in [0.5, 0.6) is 0 Å². The van der Waals surface area contributed by atoms with E-state index >= 15 is 0 Å². The molecule has 0 bridgehead atoms. The molecular weight excluding hydrogens is 218 g/mol. The second-order valence-electron chi connectivity index (χ2n) is 1.18. The fourth-order valence-corrected chi connectivity index (χ4v) is 0.524. The molecule has 0 aliphatic rings. The quantitative estimate of drug-likeness (QED) is 0.584. The molecule has 0 radical (unpaired) electrons. The molecule has 3 unspecified atom stereocenters. The van der Waals surface area contributed by atoms with Gasteiger partial charge in [-0.25, -0.2) is 0 Å². The molecule has 4 heteroatoms. The summed E-state index contributed by atoms with van der Waals surface area (Å²) in [7, 11) is 0. The topological polar surface area (TPSA) is 37.3 Å². The Bertz CT molecular complexity index is 73.3. The fourth-order valence-electron chi connectivity index (χ4n) is 0.101. The van der Waals surface area contributed by atoms with Crippen LogP contribution in [-0.2, 0) is 4.79 Å². The third kappa shape index (κ3) is 3.19. The maximum atomic E-state index is 9.96. The van der Waals surface area contributed by atoms with E-state index in [1.54, 1.807) is 0 Å². The van der Waals surface area contributed by atoms with E-state index in [4.69, 9.17) is 5.11 Å². The van der Waals surface area contributed by atoms with E-state index in [1.165, 1.54) is 33.7 Å². The summed E-state index contributed by atoms with van der Waals surface area (Å²) < 4.78 is -0.0903. The molecule has 0 heterocycles. The second-order valence-corrected chi connectivity index (χ2v) is 3.86. The molecule has 0 saturated heterocycles. The van der Waals surface area contributed by atoms with E-state index < -0.39 is 5.97 Å². The Morgan fingerprint density at radius 3 is 2.29 bits per heavy atom. The van der Waals surface area contributed by atoms with Gasteiger partial charge in [-0.1, -0.05) is 0 Å². The van der Waals surface area contributed by atoms with Crippen LogP contribution in [0, 0.1) is 0 Å². The summed E-state index contributed by atoms with van der Waals surface area (Å²) in [6.07, 6.45) is 0. The number of aliphatic carboxylic acids is 1. The molecule has 0 spiro atoms. The molecule has 0 aromatic rings. The van der Waals surface area contributed by atoms with Crippen molar-refractivity contribution in [2.24, 2.45) is 0 Å². The number of rotatable bonds is 2.